The van der Waals surface area contributed by atoms with Crippen LogP contribution in [0.5, 0.6) is 0 Å². The summed E-state index contributed by atoms with van der Waals surface area (Å²) in [6.07, 6.45) is 6.70. The highest BCUT2D eigenvalue weighted by atomic mass is 32.1. The van der Waals surface area contributed by atoms with Gasteiger partial charge in [0.2, 0.25) is 0 Å². The lowest BCUT2D eigenvalue weighted by Crippen LogP contribution is -2.38. The van der Waals surface area contributed by atoms with Crippen LogP contribution >= 0.6 is 11.3 Å². The number of anilines is 1. The lowest BCUT2D eigenvalue weighted by molar-refractivity contribution is 0.0716. The Hall–Kier alpha value is -2.94. The summed E-state index contributed by atoms with van der Waals surface area (Å²) < 4.78 is 0. The molecule has 150 valence electrons. The summed E-state index contributed by atoms with van der Waals surface area (Å²) in [4.78, 5) is 39.5. The van der Waals surface area contributed by atoms with E-state index in [0.717, 1.165) is 34.9 Å². The van der Waals surface area contributed by atoms with Crippen LogP contribution < -0.4 is 4.90 Å². The number of aryl methyl sites for hydroxylation is 1. The highest BCUT2D eigenvalue weighted by molar-refractivity contribution is 7.11. The molecule has 3 aromatic heterocycles. The van der Waals surface area contributed by atoms with Crippen LogP contribution in [0.3, 0.4) is 0 Å². The summed E-state index contributed by atoms with van der Waals surface area (Å²) in [7, 11) is 3.93. The second kappa shape index (κ2) is 8.20. The van der Waals surface area contributed by atoms with Gasteiger partial charge in [0.15, 0.2) is 5.82 Å². The second-order valence-corrected chi connectivity index (χ2v) is 8.15. The number of piperidine rings is 1. The van der Waals surface area contributed by atoms with Crippen molar-refractivity contribution >= 4 is 23.1 Å². The lowest BCUT2D eigenvalue weighted by atomic mass is 9.93. The largest absolute Gasteiger partial charge is 0.363 e. The van der Waals surface area contributed by atoms with Crippen molar-refractivity contribution in [2.75, 3.05) is 32.1 Å². The lowest BCUT2D eigenvalue weighted by Gasteiger charge is -2.32. The van der Waals surface area contributed by atoms with Crippen molar-refractivity contribution in [3.63, 3.8) is 0 Å². The molecule has 8 nitrogen and oxygen atoms in total. The number of likely N-dealkylation sites (tertiary alicyclic amines) is 1. The second-order valence-electron chi connectivity index (χ2n) is 7.29. The van der Waals surface area contributed by atoms with E-state index in [0.29, 0.717) is 24.6 Å². The van der Waals surface area contributed by atoms with E-state index in [1.165, 1.54) is 11.3 Å². The van der Waals surface area contributed by atoms with E-state index >= 15 is 0 Å². The molecule has 1 saturated heterocycles. The van der Waals surface area contributed by atoms with Gasteiger partial charge in [-0.1, -0.05) is 0 Å². The Morgan fingerprint density at radius 3 is 2.59 bits per heavy atom. The maximum atomic E-state index is 12.8. The van der Waals surface area contributed by atoms with Crippen molar-refractivity contribution in [3.05, 3.63) is 46.4 Å². The number of hydrogen-bond acceptors (Lipinski definition) is 8. The van der Waals surface area contributed by atoms with Gasteiger partial charge >= 0.3 is 0 Å². The summed E-state index contributed by atoms with van der Waals surface area (Å²) in [6, 6.07) is 2.04. The Bertz CT molecular complexity index is 997. The van der Waals surface area contributed by atoms with E-state index in [1.807, 2.05) is 36.9 Å². The summed E-state index contributed by atoms with van der Waals surface area (Å²) in [6.45, 7) is 3.30. The number of aromatic nitrogens is 5. The third-order valence-corrected chi connectivity index (χ3v) is 6.04. The van der Waals surface area contributed by atoms with Gasteiger partial charge in [-0.15, -0.1) is 11.3 Å². The molecule has 4 rings (SSSR count). The minimum Gasteiger partial charge on any atom is -0.363 e. The third-order valence-electron chi connectivity index (χ3n) is 5.12. The molecular weight excluding hydrogens is 386 g/mol. The van der Waals surface area contributed by atoms with Gasteiger partial charge in [0, 0.05) is 57.3 Å². The zero-order chi connectivity index (χ0) is 20.4. The number of thiazole rings is 1. The van der Waals surface area contributed by atoms with Crippen LogP contribution in [0, 0.1) is 6.92 Å². The topological polar surface area (TPSA) is 88.0 Å². The molecule has 1 amide bonds. The van der Waals surface area contributed by atoms with Crippen molar-refractivity contribution < 1.29 is 4.79 Å². The number of rotatable bonds is 4. The highest BCUT2D eigenvalue weighted by Gasteiger charge is 2.27. The molecule has 0 saturated carbocycles. The maximum Gasteiger partial charge on any atom is 0.265 e. The fourth-order valence-corrected chi connectivity index (χ4v) is 4.22. The number of hydrogen-bond donors (Lipinski definition) is 0. The fraction of sp³-hybridized carbons (Fsp3) is 0.400. The summed E-state index contributed by atoms with van der Waals surface area (Å²) in [5, 5.41) is 0. The first-order valence-electron chi connectivity index (χ1n) is 9.55. The van der Waals surface area contributed by atoms with Gasteiger partial charge in [-0.05, 0) is 19.8 Å². The molecule has 1 fully saturated rings. The quantitative estimate of drug-likeness (QED) is 0.655. The molecule has 9 heteroatoms. The van der Waals surface area contributed by atoms with Gasteiger partial charge in [0.05, 0.1) is 17.4 Å². The van der Waals surface area contributed by atoms with Gasteiger partial charge in [0.1, 0.15) is 16.4 Å². The molecule has 0 bridgehead atoms. The summed E-state index contributed by atoms with van der Waals surface area (Å²) in [5.41, 5.74) is 4.19. The van der Waals surface area contributed by atoms with E-state index in [2.05, 4.69) is 19.9 Å². The molecule has 1 aliphatic rings. The zero-order valence-corrected chi connectivity index (χ0v) is 17.6. The molecule has 0 aliphatic carbocycles. The van der Waals surface area contributed by atoms with Crippen molar-refractivity contribution in [1.29, 1.82) is 0 Å². The maximum absolute atomic E-state index is 12.8. The summed E-state index contributed by atoms with van der Waals surface area (Å²) in [5.74, 6) is 1.78. The van der Waals surface area contributed by atoms with Crippen LogP contribution in [0.25, 0.3) is 11.5 Å². The van der Waals surface area contributed by atoms with Crippen LogP contribution in [0.15, 0.2) is 30.2 Å². The third kappa shape index (κ3) is 4.09. The van der Waals surface area contributed by atoms with E-state index in [9.17, 15) is 4.79 Å². The average molecular weight is 410 g/mol. The van der Waals surface area contributed by atoms with Gasteiger partial charge < -0.3 is 9.80 Å². The SMILES string of the molecule is Cc1ncsc1C(=O)N1CCC(c2cc(N(C)C)nc(-c3cnccn3)n2)CC1. The van der Waals surface area contributed by atoms with Crippen molar-refractivity contribution in [2.45, 2.75) is 25.7 Å². The molecule has 29 heavy (non-hydrogen) atoms. The average Bonchev–Trinajstić information content (AvgIpc) is 3.19. The van der Waals surface area contributed by atoms with Crippen molar-refractivity contribution in [2.24, 2.45) is 0 Å². The monoisotopic (exact) mass is 409 g/mol. The molecule has 0 N–H and O–H groups in total. The Morgan fingerprint density at radius 2 is 1.97 bits per heavy atom. The Labute approximate surface area is 173 Å². The minimum atomic E-state index is 0.0837. The Kier molecular flexibility index (Phi) is 5.48. The first kappa shape index (κ1) is 19.4. The normalized spacial score (nSPS) is 14.8. The number of carbonyl (C=O) groups is 1. The first-order valence-corrected chi connectivity index (χ1v) is 10.4. The van der Waals surface area contributed by atoms with E-state index in [-0.39, 0.29) is 11.8 Å². The molecular formula is C20H23N7OS. The van der Waals surface area contributed by atoms with E-state index in [4.69, 9.17) is 4.98 Å². The highest BCUT2D eigenvalue weighted by Crippen LogP contribution is 2.31. The van der Waals surface area contributed by atoms with Gasteiger partial charge in [0.25, 0.3) is 5.91 Å². The minimum absolute atomic E-state index is 0.0837. The van der Waals surface area contributed by atoms with Crippen LogP contribution in [-0.4, -0.2) is 62.9 Å². The molecule has 0 radical (unpaired) electrons. The standard InChI is InChI=1S/C20H23N7OS/c1-13-18(29-12-23-13)20(28)27-8-4-14(5-9-27)15-10-17(26(2)3)25-19(24-15)16-11-21-6-7-22-16/h6-7,10-12,14H,4-5,8-9H2,1-3H3. The summed E-state index contributed by atoms with van der Waals surface area (Å²) >= 11 is 1.41. The van der Waals surface area contributed by atoms with Crippen LogP contribution in [0.2, 0.25) is 0 Å². The molecule has 0 aromatic carbocycles. The van der Waals surface area contributed by atoms with Gasteiger partial charge in [-0.3, -0.25) is 9.78 Å². The first-order chi connectivity index (χ1) is 14.0. The zero-order valence-electron chi connectivity index (χ0n) is 16.7. The Balaban J connectivity index is 1.54. The molecule has 4 heterocycles. The Morgan fingerprint density at radius 1 is 1.17 bits per heavy atom. The molecule has 0 unspecified atom stereocenters. The molecule has 0 atom stereocenters. The molecule has 1 aliphatic heterocycles. The number of nitrogens with zero attached hydrogens (tertiary/aromatic N) is 7. The van der Waals surface area contributed by atoms with Crippen LogP contribution in [0.4, 0.5) is 5.82 Å². The smallest absolute Gasteiger partial charge is 0.265 e. The van der Waals surface area contributed by atoms with Crippen LogP contribution in [-0.2, 0) is 0 Å². The number of carbonyl (C=O) groups excluding carboxylic acids is 1. The van der Waals surface area contributed by atoms with Crippen molar-refractivity contribution in [3.8, 4) is 11.5 Å². The van der Waals surface area contributed by atoms with Crippen molar-refractivity contribution in [1.82, 2.24) is 29.8 Å². The fourth-order valence-electron chi connectivity index (χ4n) is 3.45. The van der Waals surface area contributed by atoms with E-state index < -0.39 is 0 Å². The van der Waals surface area contributed by atoms with E-state index in [1.54, 1.807) is 24.1 Å². The van der Waals surface area contributed by atoms with Gasteiger partial charge in [-0.25, -0.2) is 19.9 Å². The predicted molar refractivity (Wildman–Crippen MR) is 112 cm³/mol. The molecule has 3 aromatic rings. The van der Waals surface area contributed by atoms with Gasteiger partial charge in [-0.2, -0.15) is 0 Å². The predicted octanol–water partition coefficient (Wildman–Crippen LogP) is 2.78. The van der Waals surface area contributed by atoms with Crippen LogP contribution in [0.1, 0.15) is 39.8 Å². The molecule has 0 spiro atoms. The number of amides is 1.